The van der Waals surface area contributed by atoms with Crippen LogP contribution in [0.4, 0.5) is 10.2 Å². The van der Waals surface area contributed by atoms with Crippen molar-refractivity contribution in [2.45, 2.75) is 13.1 Å². The lowest BCUT2D eigenvalue weighted by Crippen LogP contribution is -2.21. The maximum absolute atomic E-state index is 13.2. The molecule has 1 aromatic heterocycles. The van der Waals surface area contributed by atoms with Crippen LogP contribution in [0, 0.1) is 5.82 Å². The molecule has 0 bridgehead atoms. The number of hydrogen-bond acceptors (Lipinski definition) is 4. The van der Waals surface area contributed by atoms with Gasteiger partial charge in [0.25, 0.3) is 0 Å². The van der Waals surface area contributed by atoms with Crippen molar-refractivity contribution in [1.29, 1.82) is 0 Å². The molecule has 0 aliphatic carbocycles. The molecule has 0 aliphatic rings. The van der Waals surface area contributed by atoms with Gasteiger partial charge < -0.3 is 15.4 Å². The summed E-state index contributed by atoms with van der Waals surface area (Å²) in [5.41, 5.74) is 7.37. The van der Waals surface area contributed by atoms with Crippen molar-refractivity contribution in [2.24, 2.45) is 5.73 Å². The van der Waals surface area contributed by atoms with E-state index < -0.39 is 0 Å². The summed E-state index contributed by atoms with van der Waals surface area (Å²) in [4.78, 5) is 6.06. The summed E-state index contributed by atoms with van der Waals surface area (Å²) in [6.45, 7) is 0.853. The van der Waals surface area contributed by atoms with Gasteiger partial charge in [0.1, 0.15) is 17.4 Å². The second kappa shape index (κ2) is 6.34. The van der Waals surface area contributed by atoms with Gasteiger partial charge in [0.15, 0.2) is 0 Å². The van der Waals surface area contributed by atoms with Gasteiger partial charge >= 0.3 is 0 Å². The Labute approximate surface area is 118 Å². The molecule has 0 aliphatic heterocycles. The molecule has 20 heavy (non-hydrogen) atoms. The second-order valence-electron chi connectivity index (χ2n) is 4.51. The third kappa shape index (κ3) is 3.05. The number of rotatable bonds is 5. The fourth-order valence-corrected chi connectivity index (χ4v) is 2.13. The Bertz CT molecular complexity index is 589. The largest absolute Gasteiger partial charge is 0.496 e. The fraction of sp³-hybridized carbons (Fsp3) is 0.267. The van der Waals surface area contributed by atoms with Crippen LogP contribution in [-0.2, 0) is 13.1 Å². The van der Waals surface area contributed by atoms with E-state index in [1.807, 2.05) is 36.2 Å². The summed E-state index contributed by atoms with van der Waals surface area (Å²) in [7, 11) is 3.53. The van der Waals surface area contributed by atoms with Crippen LogP contribution < -0.4 is 15.4 Å². The number of para-hydroxylation sites is 1. The number of methoxy groups -OCH3 is 1. The first-order valence-electron chi connectivity index (χ1n) is 6.33. The van der Waals surface area contributed by atoms with E-state index in [1.165, 1.54) is 12.3 Å². The highest BCUT2D eigenvalue weighted by atomic mass is 19.1. The van der Waals surface area contributed by atoms with Crippen LogP contribution in [0.1, 0.15) is 11.1 Å². The smallest absolute Gasteiger partial charge is 0.141 e. The predicted octanol–water partition coefficient (Wildman–Crippen LogP) is 2.32. The SMILES string of the molecule is COc1ccccc1CN(C)c1ncc(F)cc1CN. The molecule has 4 nitrogen and oxygen atoms in total. The van der Waals surface area contributed by atoms with Gasteiger partial charge in [0.2, 0.25) is 0 Å². The number of ether oxygens (including phenoxy) is 1. The minimum atomic E-state index is -0.375. The van der Waals surface area contributed by atoms with Gasteiger partial charge in [-0.3, -0.25) is 0 Å². The van der Waals surface area contributed by atoms with Crippen LogP contribution in [0.3, 0.4) is 0 Å². The molecule has 106 valence electrons. The zero-order valence-electron chi connectivity index (χ0n) is 11.6. The summed E-state index contributed by atoms with van der Waals surface area (Å²) in [5, 5.41) is 0. The predicted molar refractivity (Wildman–Crippen MR) is 77.2 cm³/mol. The molecular formula is C15H18FN3O. The van der Waals surface area contributed by atoms with Gasteiger partial charge in [-0.05, 0) is 12.1 Å². The molecule has 0 saturated heterocycles. The Hall–Kier alpha value is -2.14. The molecular weight excluding hydrogens is 257 g/mol. The highest BCUT2D eigenvalue weighted by Crippen LogP contribution is 2.23. The summed E-state index contributed by atoms with van der Waals surface area (Å²) in [5.74, 6) is 1.12. The Kier molecular flexibility index (Phi) is 4.53. The number of nitrogens with zero attached hydrogens (tertiary/aromatic N) is 2. The van der Waals surface area contributed by atoms with E-state index in [-0.39, 0.29) is 12.4 Å². The molecule has 0 saturated carbocycles. The van der Waals surface area contributed by atoms with Gasteiger partial charge in [-0.15, -0.1) is 0 Å². The van der Waals surface area contributed by atoms with Crippen LogP contribution in [0.5, 0.6) is 5.75 Å². The van der Waals surface area contributed by atoms with Crippen LogP contribution in [-0.4, -0.2) is 19.1 Å². The van der Waals surface area contributed by atoms with Gasteiger partial charge in [0.05, 0.1) is 13.3 Å². The molecule has 0 radical (unpaired) electrons. The zero-order chi connectivity index (χ0) is 14.5. The third-order valence-corrected chi connectivity index (χ3v) is 3.09. The molecule has 2 rings (SSSR count). The Morgan fingerprint density at radius 1 is 1.30 bits per heavy atom. The Balaban J connectivity index is 2.26. The van der Waals surface area contributed by atoms with Crippen molar-refractivity contribution in [3.63, 3.8) is 0 Å². The van der Waals surface area contributed by atoms with Crippen molar-refractivity contribution in [3.05, 3.63) is 53.5 Å². The standard InChI is InChI=1S/C15H18FN3O/c1-19(10-11-5-3-4-6-14(11)20-2)15-12(8-17)7-13(16)9-18-15/h3-7,9H,8,10,17H2,1-2H3. The summed E-state index contributed by atoms with van der Waals surface area (Å²) in [6, 6.07) is 9.19. The van der Waals surface area contributed by atoms with E-state index in [4.69, 9.17) is 10.5 Å². The highest BCUT2D eigenvalue weighted by molar-refractivity contribution is 5.48. The third-order valence-electron chi connectivity index (χ3n) is 3.09. The lowest BCUT2D eigenvalue weighted by Gasteiger charge is -2.22. The number of anilines is 1. The lowest BCUT2D eigenvalue weighted by atomic mass is 10.1. The van der Waals surface area contributed by atoms with Crippen LogP contribution >= 0.6 is 0 Å². The molecule has 0 atom stereocenters. The molecule has 0 unspecified atom stereocenters. The first-order valence-corrected chi connectivity index (χ1v) is 6.33. The lowest BCUT2D eigenvalue weighted by molar-refractivity contribution is 0.409. The molecule has 0 amide bonds. The Morgan fingerprint density at radius 2 is 2.05 bits per heavy atom. The summed E-state index contributed by atoms with van der Waals surface area (Å²) in [6.07, 6.45) is 1.20. The number of hydrogen-bond donors (Lipinski definition) is 1. The van der Waals surface area contributed by atoms with Gasteiger partial charge in [-0.25, -0.2) is 9.37 Å². The van der Waals surface area contributed by atoms with Crippen LogP contribution in [0.25, 0.3) is 0 Å². The number of aromatic nitrogens is 1. The van der Waals surface area contributed by atoms with E-state index in [0.717, 1.165) is 11.3 Å². The zero-order valence-corrected chi connectivity index (χ0v) is 11.6. The van der Waals surface area contributed by atoms with E-state index in [0.29, 0.717) is 17.9 Å². The normalized spacial score (nSPS) is 10.4. The summed E-state index contributed by atoms with van der Waals surface area (Å²) < 4.78 is 18.5. The van der Waals surface area contributed by atoms with E-state index in [1.54, 1.807) is 7.11 Å². The monoisotopic (exact) mass is 275 g/mol. The quantitative estimate of drug-likeness (QED) is 0.910. The molecule has 5 heteroatoms. The maximum Gasteiger partial charge on any atom is 0.141 e. The Morgan fingerprint density at radius 3 is 2.75 bits per heavy atom. The molecule has 1 heterocycles. The van der Waals surface area contributed by atoms with Crippen molar-refractivity contribution in [1.82, 2.24) is 4.98 Å². The first kappa shape index (κ1) is 14.3. The number of benzene rings is 1. The van der Waals surface area contributed by atoms with Crippen molar-refractivity contribution >= 4 is 5.82 Å². The van der Waals surface area contributed by atoms with Crippen molar-refractivity contribution < 1.29 is 9.13 Å². The number of pyridine rings is 1. The average Bonchev–Trinajstić information content (AvgIpc) is 2.47. The van der Waals surface area contributed by atoms with E-state index in [9.17, 15) is 4.39 Å². The second-order valence-corrected chi connectivity index (χ2v) is 4.51. The van der Waals surface area contributed by atoms with E-state index >= 15 is 0 Å². The van der Waals surface area contributed by atoms with E-state index in [2.05, 4.69) is 4.98 Å². The van der Waals surface area contributed by atoms with Gasteiger partial charge in [-0.2, -0.15) is 0 Å². The average molecular weight is 275 g/mol. The minimum Gasteiger partial charge on any atom is -0.496 e. The van der Waals surface area contributed by atoms with Crippen LogP contribution in [0.2, 0.25) is 0 Å². The summed E-state index contributed by atoms with van der Waals surface area (Å²) >= 11 is 0. The molecule has 2 aromatic rings. The van der Waals surface area contributed by atoms with Crippen LogP contribution in [0.15, 0.2) is 36.5 Å². The minimum absolute atomic E-state index is 0.246. The highest BCUT2D eigenvalue weighted by Gasteiger charge is 2.12. The maximum atomic E-state index is 13.2. The molecule has 0 spiro atoms. The van der Waals surface area contributed by atoms with Crippen molar-refractivity contribution in [3.8, 4) is 5.75 Å². The molecule has 1 aromatic carbocycles. The first-order chi connectivity index (χ1) is 9.65. The van der Waals surface area contributed by atoms with Gasteiger partial charge in [0, 0.05) is 31.3 Å². The molecule has 2 N–H and O–H groups in total. The topological polar surface area (TPSA) is 51.4 Å². The fourth-order valence-electron chi connectivity index (χ4n) is 2.13. The number of nitrogens with two attached hydrogens (primary N) is 1. The van der Waals surface area contributed by atoms with Gasteiger partial charge in [-0.1, -0.05) is 18.2 Å². The number of halogens is 1. The molecule has 0 fully saturated rings. The van der Waals surface area contributed by atoms with Crippen molar-refractivity contribution in [2.75, 3.05) is 19.1 Å².